The summed E-state index contributed by atoms with van der Waals surface area (Å²) < 4.78 is 24.5. The highest BCUT2D eigenvalue weighted by Crippen LogP contribution is 2.31. The minimum absolute atomic E-state index is 0.0868. The molecule has 6 heteroatoms. The second-order valence-corrected chi connectivity index (χ2v) is 2.99. The fraction of sp³-hybridized carbons (Fsp3) is 0.250. The predicted octanol–water partition coefficient (Wildman–Crippen LogP) is 2.49. The lowest BCUT2D eigenvalue weighted by Gasteiger charge is -2.07. The molecule has 0 radical (unpaired) electrons. The number of nitriles is 1. The van der Waals surface area contributed by atoms with Crippen molar-refractivity contribution in [2.45, 2.75) is 11.8 Å². The molecule has 74 valence electrons. The van der Waals surface area contributed by atoms with Gasteiger partial charge in [0.05, 0.1) is 5.56 Å². The van der Waals surface area contributed by atoms with E-state index in [0.29, 0.717) is 0 Å². The quantitative estimate of drug-likeness (QED) is 0.834. The first-order valence-corrected chi connectivity index (χ1v) is 4.69. The van der Waals surface area contributed by atoms with Crippen molar-refractivity contribution in [1.82, 2.24) is 4.98 Å². The number of hydrogen-bond donors (Lipinski definition) is 1. The van der Waals surface area contributed by atoms with Crippen molar-refractivity contribution >= 4 is 15.9 Å². The molecular weight excluding hydrogens is 258 g/mol. The van der Waals surface area contributed by atoms with Crippen molar-refractivity contribution < 1.29 is 13.9 Å². The smallest absolute Gasteiger partial charge is 0.284 e. The van der Waals surface area contributed by atoms with Gasteiger partial charge in [-0.3, -0.25) is 0 Å². The van der Waals surface area contributed by atoms with Gasteiger partial charge in [0.1, 0.15) is 17.5 Å². The van der Waals surface area contributed by atoms with E-state index in [9.17, 15) is 13.9 Å². The zero-order valence-electron chi connectivity index (χ0n) is 6.84. The molecule has 0 aliphatic rings. The van der Waals surface area contributed by atoms with E-state index in [0.717, 1.165) is 6.20 Å². The van der Waals surface area contributed by atoms with Crippen LogP contribution in [0.4, 0.5) is 8.78 Å². The van der Waals surface area contributed by atoms with Crippen molar-refractivity contribution in [3.05, 3.63) is 23.0 Å². The van der Waals surface area contributed by atoms with Gasteiger partial charge in [0.2, 0.25) is 0 Å². The van der Waals surface area contributed by atoms with E-state index < -0.39 is 17.9 Å². The monoisotopic (exact) mass is 262 g/mol. The molecule has 0 spiro atoms. The Kier molecular flexibility index (Phi) is 3.36. The van der Waals surface area contributed by atoms with Crippen LogP contribution in [0.3, 0.4) is 0 Å². The summed E-state index contributed by atoms with van der Waals surface area (Å²) in [6.07, 6.45) is -1.82. The maximum atomic E-state index is 12.3. The van der Waals surface area contributed by atoms with Crippen molar-refractivity contribution in [3.8, 4) is 11.8 Å². The number of alkyl halides is 3. The van der Waals surface area contributed by atoms with Crippen molar-refractivity contribution in [2.75, 3.05) is 0 Å². The van der Waals surface area contributed by atoms with Gasteiger partial charge in [-0.1, -0.05) is 15.9 Å². The molecule has 0 aliphatic carbocycles. The summed E-state index contributed by atoms with van der Waals surface area (Å²) in [5.41, 5.74) is -0.472. The summed E-state index contributed by atoms with van der Waals surface area (Å²) in [6, 6.07) is 1.76. The lowest BCUT2D eigenvalue weighted by Crippen LogP contribution is -1.97. The molecule has 1 aromatic heterocycles. The second-order valence-electron chi connectivity index (χ2n) is 2.43. The number of pyridine rings is 1. The first-order valence-electron chi connectivity index (χ1n) is 3.56. The van der Waals surface area contributed by atoms with Gasteiger partial charge in [0.25, 0.3) is 6.43 Å². The maximum absolute atomic E-state index is 12.3. The van der Waals surface area contributed by atoms with Crippen molar-refractivity contribution in [2.24, 2.45) is 0 Å². The molecule has 3 nitrogen and oxygen atoms in total. The first-order chi connectivity index (χ1) is 6.61. The summed E-state index contributed by atoms with van der Waals surface area (Å²) in [4.78, 5) is 3.31. The van der Waals surface area contributed by atoms with Crippen LogP contribution < -0.4 is 0 Å². The zero-order valence-corrected chi connectivity index (χ0v) is 8.42. The summed E-state index contributed by atoms with van der Waals surface area (Å²) in [5.74, 6) is -0.615. The topological polar surface area (TPSA) is 56.9 Å². The number of halogens is 3. The minimum atomic E-state index is -2.85. The van der Waals surface area contributed by atoms with Gasteiger partial charge >= 0.3 is 0 Å². The zero-order chi connectivity index (χ0) is 10.7. The molecule has 0 atom stereocenters. The SMILES string of the molecule is N#Cc1cnc(C(F)F)c(O)c1CBr. The van der Waals surface area contributed by atoms with Crippen LogP contribution in [0.25, 0.3) is 0 Å². The molecule has 1 heterocycles. The van der Waals surface area contributed by atoms with Gasteiger partial charge in [-0.25, -0.2) is 13.8 Å². The predicted molar refractivity (Wildman–Crippen MR) is 48.2 cm³/mol. The van der Waals surface area contributed by atoms with Crippen LogP contribution in [0.15, 0.2) is 6.20 Å². The number of aromatic nitrogens is 1. The molecule has 0 aromatic carbocycles. The van der Waals surface area contributed by atoms with Gasteiger partial charge in [0.15, 0.2) is 0 Å². The van der Waals surface area contributed by atoms with Crippen LogP contribution in [0.5, 0.6) is 5.75 Å². The highest BCUT2D eigenvalue weighted by molar-refractivity contribution is 9.08. The Hall–Kier alpha value is -1.22. The first kappa shape index (κ1) is 10.9. The minimum Gasteiger partial charge on any atom is -0.505 e. The molecule has 0 bridgehead atoms. The summed E-state index contributed by atoms with van der Waals surface area (Å²) in [6.45, 7) is 0. The van der Waals surface area contributed by atoms with Crippen LogP contribution in [-0.4, -0.2) is 10.1 Å². The largest absolute Gasteiger partial charge is 0.505 e. The summed E-state index contributed by atoms with van der Waals surface area (Å²) in [5, 5.41) is 18.1. The van der Waals surface area contributed by atoms with E-state index in [1.54, 1.807) is 6.07 Å². The standard InChI is InChI=1S/C8H5BrF2N2O/c9-1-5-4(2-12)3-13-6(7(5)14)8(10)11/h3,8,14H,1H2. The maximum Gasteiger partial charge on any atom is 0.284 e. The van der Waals surface area contributed by atoms with E-state index in [-0.39, 0.29) is 16.5 Å². The van der Waals surface area contributed by atoms with E-state index in [1.165, 1.54) is 0 Å². The number of nitrogens with zero attached hydrogens (tertiary/aromatic N) is 2. The molecule has 14 heavy (non-hydrogen) atoms. The lowest BCUT2D eigenvalue weighted by atomic mass is 10.1. The lowest BCUT2D eigenvalue weighted by molar-refractivity contribution is 0.141. The van der Waals surface area contributed by atoms with E-state index in [2.05, 4.69) is 20.9 Å². The molecule has 1 N–H and O–H groups in total. The van der Waals surface area contributed by atoms with Crippen LogP contribution >= 0.6 is 15.9 Å². The molecular formula is C8H5BrF2N2O. The molecule has 1 aromatic rings. The Morgan fingerprint density at radius 3 is 2.71 bits per heavy atom. The Morgan fingerprint density at radius 2 is 2.29 bits per heavy atom. The highest BCUT2D eigenvalue weighted by atomic mass is 79.9. The number of aromatic hydroxyl groups is 1. The van der Waals surface area contributed by atoms with E-state index in [4.69, 9.17) is 5.26 Å². The number of rotatable bonds is 2. The molecule has 1 rings (SSSR count). The third kappa shape index (κ3) is 1.82. The van der Waals surface area contributed by atoms with E-state index in [1.807, 2.05) is 0 Å². The molecule has 0 saturated carbocycles. The summed E-state index contributed by atoms with van der Waals surface area (Å²) >= 11 is 3.00. The van der Waals surface area contributed by atoms with Crippen molar-refractivity contribution in [1.29, 1.82) is 5.26 Å². The van der Waals surface area contributed by atoms with Gasteiger partial charge in [-0.2, -0.15) is 5.26 Å². The Bertz CT molecular complexity index is 390. The fourth-order valence-electron chi connectivity index (χ4n) is 0.947. The third-order valence-corrected chi connectivity index (χ3v) is 2.21. The van der Waals surface area contributed by atoms with Crippen molar-refractivity contribution in [3.63, 3.8) is 0 Å². The van der Waals surface area contributed by atoms with E-state index >= 15 is 0 Å². The van der Waals surface area contributed by atoms with Gasteiger partial charge in [0, 0.05) is 17.1 Å². The number of hydrogen-bond acceptors (Lipinski definition) is 3. The molecule has 0 aliphatic heterocycles. The normalized spacial score (nSPS) is 10.2. The van der Waals surface area contributed by atoms with Crippen LogP contribution in [0.2, 0.25) is 0 Å². The average molecular weight is 263 g/mol. The molecule has 0 saturated heterocycles. The van der Waals surface area contributed by atoms with Crippen LogP contribution in [0, 0.1) is 11.3 Å². The third-order valence-electron chi connectivity index (χ3n) is 1.65. The summed E-state index contributed by atoms with van der Waals surface area (Å²) in [7, 11) is 0. The fourth-order valence-corrected chi connectivity index (χ4v) is 1.51. The second kappa shape index (κ2) is 4.33. The van der Waals surface area contributed by atoms with Gasteiger partial charge in [-0.05, 0) is 0 Å². The Balaban J connectivity index is 3.37. The van der Waals surface area contributed by atoms with Crippen LogP contribution in [0.1, 0.15) is 23.2 Å². The van der Waals surface area contributed by atoms with Gasteiger partial charge in [-0.15, -0.1) is 0 Å². The van der Waals surface area contributed by atoms with Gasteiger partial charge < -0.3 is 5.11 Å². The molecule has 0 unspecified atom stereocenters. The van der Waals surface area contributed by atoms with Crippen LogP contribution in [-0.2, 0) is 5.33 Å². The Morgan fingerprint density at radius 1 is 1.64 bits per heavy atom. The highest BCUT2D eigenvalue weighted by Gasteiger charge is 2.19. The molecule has 0 fully saturated rings. The Labute approximate surface area is 87.1 Å². The average Bonchev–Trinajstić information content (AvgIpc) is 2.16. The molecule has 0 amide bonds.